The highest BCUT2D eigenvalue weighted by molar-refractivity contribution is 6.15. The zero-order valence-corrected chi connectivity index (χ0v) is 20.3. The van der Waals surface area contributed by atoms with Crippen molar-refractivity contribution in [1.29, 1.82) is 0 Å². The fourth-order valence-electron chi connectivity index (χ4n) is 5.54. The molecule has 3 aromatic rings. The SMILES string of the molecule is CCn1cc(/C=C2\Oc3c(ccc(O)c3CN3C[C@H](C)C[C@H](C)C3)C2=O)c2cc(OC)ccc21. The first kappa shape index (κ1) is 22.5. The number of piperidine rings is 1. The maximum Gasteiger partial charge on any atom is 0.231 e. The number of fused-ring (bicyclic) bond motifs is 2. The third-order valence-corrected chi connectivity index (χ3v) is 6.99. The summed E-state index contributed by atoms with van der Waals surface area (Å²) in [6, 6.07) is 9.23. The van der Waals surface area contributed by atoms with E-state index in [1.165, 1.54) is 6.42 Å². The Morgan fingerprint density at radius 1 is 1.18 bits per heavy atom. The number of benzene rings is 2. The van der Waals surface area contributed by atoms with Gasteiger partial charge in [0.2, 0.25) is 5.78 Å². The molecule has 1 fully saturated rings. The lowest BCUT2D eigenvalue weighted by Crippen LogP contribution is -2.38. The Hall–Kier alpha value is -3.25. The van der Waals surface area contributed by atoms with Crippen LogP contribution in [0.2, 0.25) is 0 Å². The number of allylic oxidation sites excluding steroid dienone is 1. The second kappa shape index (κ2) is 8.84. The summed E-state index contributed by atoms with van der Waals surface area (Å²) in [6.45, 7) is 9.94. The summed E-state index contributed by atoms with van der Waals surface area (Å²) >= 11 is 0. The normalized spacial score (nSPS) is 21.8. The molecule has 2 aromatic carbocycles. The maximum atomic E-state index is 13.3. The van der Waals surface area contributed by atoms with Gasteiger partial charge in [-0.05, 0) is 61.6 Å². The molecular weight excluding hydrogens is 428 g/mol. The lowest BCUT2D eigenvalue weighted by atomic mass is 9.91. The quantitative estimate of drug-likeness (QED) is 0.512. The van der Waals surface area contributed by atoms with E-state index in [9.17, 15) is 9.90 Å². The maximum absolute atomic E-state index is 13.3. The molecule has 0 radical (unpaired) electrons. The number of phenolic OH excluding ortho intramolecular Hbond substituents is 1. The second-order valence-electron chi connectivity index (χ2n) is 9.77. The highest BCUT2D eigenvalue weighted by atomic mass is 16.5. The van der Waals surface area contributed by atoms with Crippen molar-refractivity contribution in [2.75, 3.05) is 20.2 Å². The van der Waals surface area contributed by atoms with E-state index in [0.717, 1.165) is 41.9 Å². The van der Waals surface area contributed by atoms with Gasteiger partial charge in [0.05, 0.1) is 18.2 Å². The molecule has 1 saturated heterocycles. The second-order valence-corrected chi connectivity index (χ2v) is 9.77. The number of rotatable bonds is 5. The summed E-state index contributed by atoms with van der Waals surface area (Å²) < 4.78 is 13.7. The van der Waals surface area contributed by atoms with Crippen LogP contribution >= 0.6 is 0 Å². The topological polar surface area (TPSA) is 63.9 Å². The van der Waals surface area contributed by atoms with Crippen LogP contribution in [-0.4, -0.2) is 40.6 Å². The number of Topliss-reactive ketones (excluding diaryl/α,β-unsaturated/α-hetero) is 1. The molecule has 6 nitrogen and oxygen atoms in total. The van der Waals surface area contributed by atoms with Crippen LogP contribution in [-0.2, 0) is 13.1 Å². The Bertz CT molecular complexity index is 1280. The molecule has 0 aliphatic carbocycles. The largest absolute Gasteiger partial charge is 0.507 e. The number of ketones is 1. The van der Waals surface area contributed by atoms with E-state index in [-0.39, 0.29) is 17.3 Å². The minimum atomic E-state index is -0.156. The molecule has 1 aromatic heterocycles. The summed E-state index contributed by atoms with van der Waals surface area (Å²) in [5, 5.41) is 11.7. The highest BCUT2D eigenvalue weighted by Gasteiger charge is 2.33. The average molecular weight is 461 g/mol. The van der Waals surface area contributed by atoms with E-state index in [2.05, 4.69) is 30.2 Å². The Labute approximate surface area is 200 Å². The van der Waals surface area contributed by atoms with Crippen LogP contribution in [0.5, 0.6) is 17.2 Å². The minimum Gasteiger partial charge on any atom is -0.507 e. The van der Waals surface area contributed by atoms with E-state index in [1.54, 1.807) is 19.2 Å². The van der Waals surface area contributed by atoms with Gasteiger partial charge in [-0.15, -0.1) is 0 Å². The number of ether oxygens (including phenoxy) is 2. The molecule has 3 heterocycles. The van der Waals surface area contributed by atoms with Gasteiger partial charge >= 0.3 is 0 Å². The number of aryl methyl sites for hydroxylation is 1. The molecule has 0 bridgehead atoms. The van der Waals surface area contributed by atoms with Crippen LogP contribution in [0.1, 0.15) is 48.7 Å². The number of methoxy groups -OCH3 is 1. The highest BCUT2D eigenvalue weighted by Crippen LogP contribution is 2.41. The number of nitrogens with zero attached hydrogens (tertiary/aromatic N) is 2. The third kappa shape index (κ3) is 3.96. The molecule has 34 heavy (non-hydrogen) atoms. The van der Waals surface area contributed by atoms with Crippen LogP contribution in [0.3, 0.4) is 0 Å². The number of phenols is 1. The first-order valence-corrected chi connectivity index (χ1v) is 12.1. The lowest BCUT2D eigenvalue weighted by molar-refractivity contribution is 0.101. The molecular formula is C28H32N2O4. The predicted octanol–water partition coefficient (Wildman–Crippen LogP) is 5.47. The van der Waals surface area contributed by atoms with Crippen LogP contribution < -0.4 is 9.47 Å². The number of hydrogen-bond acceptors (Lipinski definition) is 5. The zero-order valence-electron chi connectivity index (χ0n) is 20.3. The molecule has 1 N–H and O–H groups in total. The van der Waals surface area contributed by atoms with Crippen LogP contribution in [0, 0.1) is 11.8 Å². The molecule has 178 valence electrons. The standard InChI is InChI=1S/C28H32N2O4/c1-5-30-15-19(22-12-20(33-4)6-8-24(22)30)11-26-27(32)21-7-9-25(31)23(28(21)34-26)16-29-13-17(2)10-18(3)14-29/h6-9,11-12,15,17-18,31H,5,10,13-14,16H2,1-4H3/b26-11-/t17-,18+. The summed E-state index contributed by atoms with van der Waals surface area (Å²) in [7, 11) is 1.65. The van der Waals surface area contributed by atoms with Crippen LogP contribution in [0.4, 0.5) is 0 Å². The van der Waals surface area contributed by atoms with Gasteiger partial charge in [0.25, 0.3) is 0 Å². The van der Waals surface area contributed by atoms with Gasteiger partial charge in [-0.1, -0.05) is 13.8 Å². The lowest BCUT2D eigenvalue weighted by Gasteiger charge is -2.35. The van der Waals surface area contributed by atoms with Gasteiger partial charge in [-0.3, -0.25) is 9.69 Å². The third-order valence-electron chi connectivity index (χ3n) is 6.99. The average Bonchev–Trinajstić information content (AvgIpc) is 3.32. The van der Waals surface area contributed by atoms with Crippen molar-refractivity contribution in [3.8, 4) is 17.2 Å². The Morgan fingerprint density at radius 3 is 2.65 bits per heavy atom. The molecule has 0 unspecified atom stereocenters. The molecule has 2 aliphatic heterocycles. The van der Waals surface area contributed by atoms with Gasteiger partial charge in [-0.2, -0.15) is 0 Å². The molecule has 2 aliphatic rings. The summed E-state index contributed by atoms with van der Waals surface area (Å²) in [6.07, 6.45) is 5.06. The Balaban J connectivity index is 1.51. The minimum absolute atomic E-state index is 0.156. The van der Waals surface area contributed by atoms with Gasteiger partial charge in [0.1, 0.15) is 17.2 Å². The van der Waals surface area contributed by atoms with Crippen molar-refractivity contribution in [2.45, 2.75) is 40.3 Å². The van der Waals surface area contributed by atoms with Crippen molar-refractivity contribution in [2.24, 2.45) is 11.8 Å². The fourth-order valence-corrected chi connectivity index (χ4v) is 5.54. The van der Waals surface area contributed by atoms with Crippen molar-refractivity contribution < 1.29 is 19.4 Å². The molecule has 5 rings (SSSR count). The van der Waals surface area contributed by atoms with Crippen molar-refractivity contribution in [3.63, 3.8) is 0 Å². The molecule has 2 atom stereocenters. The summed E-state index contributed by atoms with van der Waals surface area (Å²) in [5.41, 5.74) is 3.17. The van der Waals surface area contributed by atoms with Crippen molar-refractivity contribution in [3.05, 3.63) is 59.0 Å². The van der Waals surface area contributed by atoms with E-state index in [0.29, 0.717) is 35.3 Å². The van der Waals surface area contributed by atoms with Crippen molar-refractivity contribution in [1.82, 2.24) is 9.47 Å². The van der Waals surface area contributed by atoms with E-state index >= 15 is 0 Å². The van der Waals surface area contributed by atoms with Gasteiger partial charge in [0, 0.05) is 48.8 Å². The predicted molar refractivity (Wildman–Crippen MR) is 133 cm³/mol. The first-order chi connectivity index (χ1) is 16.4. The van der Waals surface area contributed by atoms with E-state index in [1.807, 2.05) is 30.5 Å². The number of carbonyl (C=O) groups is 1. The number of aromatic hydroxyl groups is 1. The van der Waals surface area contributed by atoms with Gasteiger partial charge < -0.3 is 19.1 Å². The van der Waals surface area contributed by atoms with Gasteiger partial charge in [0.15, 0.2) is 5.76 Å². The molecule has 0 amide bonds. The molecule has 0 saturated carbocycles. The van der Waals surface area contributed by atoms with Crippen molar-refractivity contribution >= 4 is 22.8 Å². The smallest absolute Gasteiger partial charge is 0.231 e. The van der Waals surface area contributed by atoms with Crippen LogP contribution in [0.25, 0.3) is 17.0 Å². The fraction of sp³-hybridized carbons (Fsp3) is 0.393. The number of carbonyl (C=O) groups excluding carboxylic acids is 1. The van der Waals surface area contributed by atoms with Crippen LogP contribution in [0.15, 0.2) is 42.3 Å². The number of hydrogen-bond donors (Lipinski definition) is 1. The van der Waals surface area contributed by atoms with Gasteiger partial charge in [-0.25, -0.2) is 0 Å². The molecule has 0 spiro atoms. The monoisotopic (exact) mass is 460 g/mol. The Morgan fingerprint density at radius 2 is 1.94 bits per heavy atom. The van der Waals surface area contributed by atoms with E-state index in [4.69, 9.17) is 9.47 Å². The number of likely N-dealkylation sites (tertiary alicyclic amines) is 1. The van der Waals surface area contributed by atoms with E-state index < -0.39 is 0 Å². The zero-order chi connectivity index (χ0) is 24.0. The first-order valence-electron chi connectivity index (χ1n) is 12.1. The Kier molecular flexibility index (Phi) is 5.86. The summed E-state index contributed by atoms with van der Waals surface area (Å²) in [5.74, 6) is 2.75. The summed E-state index contributed by atoms with van der Waals surface area (Å²) in [4.78, 5) is 15.6. The molecule has 6 heteroatoms. The number of aromatic nitrogens is 1.